The molecule has 8 aromatic carbocycles. The SMILES string of the molecule is c1ccc(-c2ccccc2-c2c3ccccc3c(-c3ccc4c5c(cccc35)Oc3ccccc3-4)c3ccccc23)cc1. The van der Waals surface area contributed by atoms with E-state index in [4.69, 9.17) is 4.74 Å². The number of fused-ring (bicyclic) bond motifs is 4. The molecule has 1 heterocycles. The second-order valence-electron chi connectivity index (χ2n) is 11.2. The molecule has 0 bridgehead atoms. The van der Waals surface area contributed by atoms with Gasteiger partial charge in [0.25, 0.3) is 0 Å². The largest absolute Gasteiger partial charge is 0.456 e. The van der Waals surface area contributed by atoms with E-state index in [1.54, 1.807) is 0 Å². The van der Waals surface area contributed by atoms with Crippen molar-refractivity contribution in [1.29, 1.82) is 0 Å². The van der Waals surface area contributed by atoms with Crippen molar-refractivity contribution < 1.29 is 4.74 Å². The number of ether oxygens (including phenoxy) is 1. The molecule has 1 aliphatic heterocycles. The second kappa shape index (κ2) is 9.44. The zero-order chi connectivity index (χ0) is 28.3. The van der Waals surface area contributed by atoms with Gasteiger partial charge in [-0.05, 0) is 78.0 Å². The van der Waals surface area contributed by atoms with E-state index < -0.39 is 0 Å². The molecule has 0 saturated heterocycles. The fourth-order valence-corrected chi connectivity index (χ4v) is 7.08. The molecule has 1 heteroatoms. The lowest BCUT2D eigenvalue weighted by Crippen LogP contribution is -1.98. The standard InChI is InChI=1S/C42H26O/c1-2-13-27(14-3-1)28-15-4-5-17-30(28)40-31-18-6-8-20-33(31)41(34-21-9-7-19-32(34)40)37-26-25-36-29-16-10-11-23-38(29)43-39-24-12-22-35(37)42(36)39/h1-26H. The first kappa shape index (κ1) is 24.0. The fourth-order valence-electron chi connectivity index (χ4n) is 7.08. The van der Waals surface area contributed by atoms with Crippen LogP contribution in [-0.4, -0.2) is 0 Å². The van der Waals surface area contributed by atoms with Crippen LogP contribution in [0.15, 0.2) is 158 Å². The Morgan fingerprint density at radius 3 is 1.47 bits per heavy atom. The lowest BCUT2D eigenvalue weighted by Gasteiger charge is -2.24. The Balaban J connectivity index is 1.40. The second-order valence-corrected chi connectivity index (χ2v) is 11.2. The van der Waals surface area contributed by atoms with Crippen molar-refractivity contribution in [2.45, 2.75) is 0 Å². The molecule has 1 aliphatic rings. The topological polar surface area (TPSA) is 9.23 Å². The summed E-state index contributed by atoms with van der Waals surface area (Å²) in [6.07, 6.45) is 0. The molecule has 0 spiro atoms. The molecule has 43 heavy (non-hydrogen) atoms. The zero-order valence-electron chi connectivity index (χ0n) is 23.4. The van der Waals surface area contributed by atoms with E-state index in [1.165, 1.54) is 71.3 Å². The molecule has 0 fully saturated rings. The average molecular weight is 547 g/mol. The summed E-state index contributed by atoms with van der Waals surface area (Å²) in [5.41, 5.74) is 9.82. The van der Waals surface area contributed by atoms with Gasteiger partial charge >= 0.3 is 0 Å². The van der Waals surface area contributed by atoms with Crippen LogP contribution in [0.2, 0.25) is 0 Å². The first-order chi connectivity index (χ1) is 21.4. The van der Waals surface area contributed by atoms with Crippen LogP contribution in [0.5, 0.6) is 11.5 Å². The van der Waals surface area contributed by atoms with Gasteiger partial charge in [-0.25, -0.2) is 0 Å². The van der Waals surface area contributed by atoms with Gasteiger partial charge < -0.3 is 4.74 Å². The summed E-state index contributed by atoms with van der Waals surface area (Å²) in [6, 6.07) is 56.7. The van der Waals surface area contributed by atoms with Gasteiger partial charge in [-0.1, -0.05) is 146 Å². The van der Waals surface area contributed by atoms with E-state index in [-0.39, 0.29) is 0 Å². The van der Waals surface area contributed by atoms with Gasteiger partial charge in [0.15, 0.2) is 0 Å². The number of hydrogen-bond acceptors (Lipinski definition) is 1. The summed E-state index contributed by atoms with van der Waals surface area (Å²) in [5, 5.41) is 7.37. The Kier molecular flexibility index (Phi) is 5.27. The van der Waals surface area contributed by atoms with Gasteiger partial charge in [-0.3, -0.25) is 0 Å². The van der Waals surface area contributed by atoms with Crippen molar-refractivity contribution in [2.75, 3.05) is 0 Å². The van der Waals surface area contributed by atoms with E-state index in [2.05, 4.69) is 152 Å². The van der Waals surface area contributed by atoms with Gasteiger partial charge in [0.1, 0.15) is 11.5 Å². The minimum absolute atomic E-state index is 0.910. The van der Waals surface area contributed by atoms with Crippen molar-refractivity contribution >= 4 is 32.3 Å². The molecule has 0 aromatic heterocycles. The summed E-state index contributed by atoms with van der Waals surface area (Å²) in [7, 11) is 0. The highest BCUT2D eigenvalue weighted by molar-refractivity contribution is 6.25. The Morgan fingerprint density at radius 2 is 0.767 bits per heavy atom. The molecule has 8 aromatic rings. The highest BCUT2D eigenvalue weighted by atomic mass is 16.5. The van der Waals surface area contributed by atoms with Crippen LogP contribution in [0.25, 0.3) is 76.8 Å². The minimum Gasteiger partial charge on any atom is -0.456 e. The van der Waals surface area contributed by atoms with E-state index in [1.807, 2.05) is 6.07 Å². The monoisotopic (exact) mass is 546 g/mol. The summed E-state index contributed by atoms with van der Waals surface area (Å²) in [4.78, 5) is 0. The first-order valence-corrected chi connectivity index (χ1v) is 14.8. The van der Waals surface area contributed by atoms with Crippen LogP contribution in [0.3, 0.4) is 0 Å². The maximum absolute atomic E-state index is 6.45. The molecule has 0 atom stereocenters. The van der Waals surface area contributed by atoms with Crippen molar-refractivity contribution in [1.82, 2.24) is 0 Å². The quantitative estimate of drug-likeness (QED) is 0.200. The zero-order valence-corrected chi connectivity index (χ0v) is 23.4. The van der Waals surface area contributed by atoms with Crippen molar-refractivity contribution in [3.63, 3.8) is 0 Å². The van der Waals surface area contributed by atoms with Gasteiger partial charge in [0.2, 0.25) is 0 Å². The molecule has 0 N–H and O–H groups in total. The van der Waals surface area contributed by atoms with Gasteiger partial charge in [-0.15, -0.1) is 0 Å². The number of rotatable bonds is 3. The predicted molar refractivity (Wildman–Crippen MR) is 181 cm³/mol. The summed E-state index contributed by atoms with van der Waals surface area (Å²) < 4.78 is 6.45. The number of hydrogen-bond donors (Lipinski definition) is 0. The Hall–Kier alpha value is -5.66. The molecule has 0 radical (unpaired) electrons. The molecule has 9 rings (SSSR count). The third-order valence-electron chi connectivity index (χ3n) is 8.88. The molecule has 0 unspecified atom stereocenters. The third kappa shape index (κ3) is 3.58. The minimum atomic E-state index is 0.910. The summed E-state index contributed by atoms with van der Waals surface area (Å²) in [5.74, 6) is 1.82. The summed E-state index contributed by atoms with van der Waals surface area (Å²) >= 11 is 0. The Morgan fingerprint density at radius 1 is 0.279 bits per heavy atom. The van der Waals surface area contributed by atoms with E-state index in [0.717, 1.165) is 17.1 Å². The number of para-hydroxylation sites is 1. The average Bonchev–Trinajstić information content (AvgIpc) is 3.08. The van der Waals surface area contributed by atoms with Crippen LogP contribution in [0.4, 0.5) is 0 Å². The normalized spacial score (nSPS) is 11.9. The maximum Gasteiger partial charge on any atom is 0.135 e. The van der Waals surface area contributed by atoms with Gasteiger partial charge in [0, 0.05) is 10.9 Å². The highest BCUT2D eigenvalue weighted by Gasteiger charge is 2.24. The molecule has 1 nitrogen and oxygen atoms in total. The molecule has 0 saturated carbocycles. The van der Waals surface area contributed by atoms with Crippen LogP contribution in [0, 0.1) is 0 Å². The summed E-state index contributed by atoms with van der Waals surface area (Å²) in [6.45, 7) is 0. The number of benzene rings is 8. The van der Waals surface area contributed by atoms with Gasteiger partial charge in [0.05, 0.1) is 0 Å². The van der Waals surface area contributed by atoms with Crippen molar-refractivity contribution in [3.8, 4) is 56.0 Å². The molecule has 0 aliphatic carbocycles. The van der Waals surface area contributed by atoms with Crippen LogP contribution in [-0.2, 0) is 0 Å². The Bertz CT molecular complexity index is 2310. The van der Waals surface area contributed by atoms with Crippen LogP contribution >= 0.6 is 0 Å². The van der Waals surface area contributed by atoms with Gasteiger partial charge in [-0.2, -0.15) is 0 Å². The predicted octanol–water partition coefficient (Wildman–Crippen LogP) is 11.9. The van der Waals surface area contributed by atoms with E-state index in [9.17, 15) is 0 Å². The smallest absolute Gasteiger partial charge is 0.135 e. The lowest BCUT2D eigenvalue weighted by molar-refractivity contribution is 0.487. The van der Waals surface area contributed by atoms with Crippen molar-refractivity contribution in [3.05, 3.63) is 158 Å². The maximum atomic E-state index is 6.45. The third-order valence-corrected chi connectivity index (χ3v) is 8.88. The van der Waals surface area contributed by atoms with Crippen molar-refractivity contribution in [2.24, 2.45) is 0 Å². The lowest BCUT2D eigenvalue weighted by atomic mass is 9.82. The van der Waals surface area contributed by atoms with Crippen LogP contribution in [0.1, 0.15) is 0 Å². The van der Waals surface area contributed by atoms with E-state index >= 15 is 0 Å². The molecular formula is C42H26O. The Labute approximate surface area is 250 Å². The first-order valence-electron chi connectivity index (χ1n) is 14.8. The van der Waals surface area contributed by atoms with Crippen LogP contribution < -0.4 is 4.74 Å². The molecule has 200 valence electrons. The molecular weight excluding hydrogens is 520 g/mol. The highest BCUT2D eigenvalue weighted by Crippen LogP contribution is 2.51. The van der Waals surface area contributed by atoms with E-state index in [0.29, 0.717) is 0 Å². The molecule has 0 amide bonds. The fraction of sp³-hybridized carbons (Fsp3) is 0.